The van der Waals surface area contributed by atoms with Gasteiger partial charge in [0, 0.05) is 26.9 Å². The maximum atomic E-state index is 6.25. The van der Waals surface area contributed by atoms with Crippen LogP contribution in [-0.4, -0.2) is 15.0 Å². The lowest BCUT2D eigenvalue weighted by molar-refractivity contribution is 0.250. The number of anilines is 2. The highest BCUT2D eigenvalue weighted by Gasteiger charge is 2.14. The summed E-state index contributed by atoms with van der Waals surface area (Å²) in [7, 11) is 0. The van der Waals surface area contributed by atoms with Gasteiger partial charge in [0.1, 0.15) is 13.2 Å². The first-order chi connectivity index (χ1) is 16.8. The van der Waals surface area contributed by atoms with Crippen LogP contribution in [0.4, 0.5) is 11.6 Å². The zero-order chi connectivity index (χ0) is 24.8. The molecular formula is C27H26Cl2N4O2. The fraction of sp³-hybridized carbons (Fsp3) is 0.222. The number of benzene rings is 3. The number of nitrogens with zero attached hydrogens (tertiary/aromatic N) is 3. The lowest BCUT2D eigenvalue weighted by Crippen LogP contribution is -2.11. The van der Waals surface area contributed by atoms with Gasteiger partial charge in [-0.3, -0.25) is 0 Å². The predicted octanol–water partition coefficient (Wildman–Crippen LogP) is 7.38. The molecule has 0 amide bonds. The first-order valence-corrected chi connectivity index (χ1v) is 11.9. The normalized spacial score (nSPS) is 11.2. The summed E-state index contributed by atoms with van der Waals surface area (Å²) in [4.78, 5) is 13.1. The van der Waals surface area contributed by atoms with E-state index in [4.69, 9.17) is 32.7 Å². The number of ether oxygens (including phenoxy) is 2. The summed E-state index contributed by atoms with van der Waals surface area (Å²) in [6, 6.07) is 23.2. The van der Waals surface area contributed by atoms with Gasteiger partial charge in [-0.25, -0.2) is 0 Å². The summed E-state index contributed by atoms with van der Waals surface area (Å²) in [5, 5.41) is 4.42. The summed E-state index contributed by atoms with van der Waals surface area (Å²) >= 11 is 12.5. The number of nitrogens with one attached hydrogen (secondary N) is 1. The number of aromatic nitrogens is 3. The molecule has 6 nitrogen and oxygen atoms in total. The summed E-state index contributed by atoms with van der Waals surface area (Å²) < 4.78 is 11.7. The van der Waals surface area contributed by atoms with E-state index in [0.29, 0.717) is 16.0 Å². The van der Waals surface area contributed by atoms with Crippen molar-refractivity contribution in [1.82, 2.24) is 15.0 Å². The minimum atomic E-state index is 0.0607. The Morgan fingerprint density at radius 3 is 1.63 bits per heavy atom. The van der Waals surface area contributed by atoms with Crippen molar-refractivity contribution in [3.8, 4) is 12.0 Å². The highest BCUT2D eigenvalue weighted by Crippen LogP contribution is 2.26. The second kappa shape index (κ2) is 10.9. The lowest BCUT2D eigenvalue weighted by atomic mass is 9.87. The molecule has 1 aromatic heterocycles. The largest absolute Gasteiger partial charge is 0.458 e. The second-order valence-electron chi connectivity index (χ2n) is 8.94. The molecule has 0 fully saturated rings. The maximum Gasteiger partial charge on any atom is 0.324 e. The molecule has 0 aliphatic heterocycles. The third kappa shape index (κ3) is 6.84. The van der Waals surface area contributed by atoms with E-state index in [0.717, 1.165) is 16.8 Å². The van der Waals surface area contributed by atoms with Crippen LogP contribution in [0.25, 0.3) is 0 Å². The smallest absolute Gasteiger partial charge is 0.324 e. The minimum absolute atomic E-state index is 0.0607. The fourth-order valence-electron chi connectivity index (χ4n) is 3.22. The van der Waals surface area contributed by atoms with Crippen molar-refractivity contribution in [2.75, 3.05) is 5.32 Å². The van der Waals surface area contributed by atoms with E-state index in [2.05, 4.69) is 53.2 Å². The van der Waals surface area contributed by atoms with E-state index in [1.807, 2.05) is 48.5 Å². The molecule has 4 rings (SSSR count). The third-order valence-corrected chi connectivity index (χ3v) is 5.97. The van der Waals surface area contributed by atoms with E-state index < -0.39 is 0 Å². The molecule has 180 valence electrons. The molecule has 0 radical (unpaired) electrons. The average molecular weight is 509 g/mol. The number of hydrogen-bond acceptors (Lipinski definition) is 6. The van der Waals surface area contributed by atoms with Crippen LogP contribution in [0.3, 0.4) is 0 Å². The molecule has 1 heterocycles. The molecule has 0 aliphatic rings. The van der Waals surface area contributed by atoms with E-state index in [9.17, 15) is 0 Å². The zero-order valence-corrected chi connectivity index (χ0v) is 21.3. The summed E-state index contributed by atoms with van der Waals surface area (Å²) in [5.74, 6) is 0.298. The Balaban J connectivity index is 1.56. The molecule has 3 aromatic carbocycles. The van der Waals surface area contributed by atoms with Crippen molar-refractivity contribution in [2.24, 2.45) is 0 Å². The molecule has 1 N–H and O–H groups in total. The molecule has 35 heavy (non-hydrogen) atoms. The fourth-order valence-corrected chi connectivity index (χ4v) is 3.60. The first kappa shape index (κ1) is 24.8. The van der Waals surface area contributed by atoms with Gasteiger partial charge in [0.15, 0.2) is 0 Å². The van der Waals surface area contributed by atoms with Crippen molar-refractivity contribution in [1.29, 1.82) is 0 Å². The minimum Gasteiger partial charge on any atom is -0.458 e. The van der Waals surface area contributed by atoms with Crippen LogP contribution in [0.5, 0.6) is 12.0 Å². The Hall–Kier alpha value is -3.35. The maximum absolute atomic E-state index is 6.25. The molecule has 0 saturated carbocycles. The van der Waals surface area contributed by atoms with Gasteiger partial charge in [-0.05, 0) is 35.2 Å². The van der Waals surface area contributed by atoms with Crippen molar-refractivity contribution in [2.45, 2.75) is 39.4 Å². The molecule has 4 aromatic rings. The van der Waals surface area contributed by atoms with Gasteiger partial charge in [-0.2, -0.15) is 9.97 Å². The molecule has 0 aliphatic carbocycles. The van der Waals surface area contributed by atoms with Crippen LogP contribution < -0.4 is 14.8 Å². The van der Waals surface area contributed by atoms with Crippen LogP contribution in [0.1, 0.15) is 37.5 Å². The monoisotopic (exact) mass is 508 g/mol. The molecule has 0 saturated heterocycles. The Kier molecular flexibility index (Phi) is 7.73. The Bertz CT molecular complexity index is 1220. The van der Waals surface area contributed by atoms with Crippen molar-refractivity contribution < 1.29 is 9.47 Å². The molecule has 0 atom stereocenters. The van der Waals surface area contributed by atoms with Gasteiger partial charge in [0.05, 0.1) is 0 Å². The second-order valence-corrected chi connectivity index (χ2v) is 9.75. The molecule has 0 bridgehead atoms. The van der Waals surface area contributed by atoms with Crippen molar-refractivity contribution >= 4 is 34.8 Å². The standard InChI is InChI=1S/C27H26Cl2N4O2/c1-27(2,3)20-12-14-21(15-13-20)30-24-31-25(34-16-18-8-4-6-10-22(18)28)33-26(32-24)35-17-19-9-5-7-11-23(19)29/h4-15H,16-17H2,1-3H3,(H,30,31,32,33). The van der Waals surface area contributed by atoms with Crippen molar-refractivity contribution in [3.05, 3.63) is 99.5 Å². The SMILES string of the molecule is CC(C)(C)c1ccc(Nc2nc(OCc3ccccc3Cl)nc(OCc3ccccc3Cl)n2)cc1. The predicted molar refractivity (Wildman–Crippen MR) is 140 cm³/mol. The molecule has 0 unspecified atom stereocenters. The molecule has 0 spiro atoms. The van der Waals surface area contributed by atoms with Crippen LogP contribution in [-0.2, 0) is 18.6 Å². The molecular weight excluding hydrogens is 483 g/mol. The summed E-state index contributed by atoms with van der Waals surface area (Å²) in [6.45, 7) is 6.92. The van der Waals surface area contributed by atoms with Gasteiger partial charge in [-0.1, -0.05) is 92.5 Å². The lowest BCUT2D eigenvalue weighted by Gasteiger charge is -2.19. The number of hydrogen-bond donors (Lipinski definition) is 1. The van der Waals surface area contributed by atoms with Gasteiger partial charge in [0.25, 0.3) is 0 Å². The van der Waals surface area contributed by atoms with Crippen LogP contribution in [0, 0.1) is 0 Å². The van der Waals surface area contributed by atoms with Gasteiger partial charge < -0.3 is 14.8 Å². The van der Waals surface area contributed by atoms with Crippen LogP contribution in [0.15, 0.2) is 72.8 Å². The van der Waals surface area contributed by atoms with Gasteiger partial charge in [-0.15, -0.1) is 4.98 Å². The van der Waals surface area contributed by atoms with E-state index >= 15 is 0 Å². The number of rotatable bonds is 8. The Morgan fingerprint density at radius 2 is 1.17 bits per heavy atom. The average Bonchev–Trinajstić information content (AvgIpc) is 2.83. The summed E-state index contributed by atoms with van der Waals surface area (Å²) in [5.41, 5.74) is 3.76. The topological polar surface area (TPSA) is 69.2 Å². The van der Waals surface area contributed by atoms with Gasteiger partial charge >= 0.3 is 12.0 Å². The van der Waals surface area contributed by atoms with Crippen molar-refractivity contribution in [3.63, 3.8) is 0 Å². The highest BCUT2D eigenvalue weighted by atomic mass is 35.5. The Labute approximate surface area is 215 Å². The van der Waals surface area contributed by atoms with E-state index in [1.54, 1.807) is 12.1 Å². The van der Waals surface area contributed by atoms with Crippen LogP contribution >= 0.6 is 23.2 Å². The van der Waals surface area contributed by atoms with E-state index in [1.165, 1.54) is 5.56 Å². The quantitative estimate of drug-likeness (QED) is 0.267. The van der Waals surface area contributed by atoms with Crippen LogP contribution in [0.2, 0.25) is 10.0 Å². The number of halogens is 2. The highest BCUT2D eigenvalue weighted by molar-refractivity contribution is 6.31. The zero-order valence-electron chi connectivity index (χ0n) is 19.8. The van der Waals surface area contributed by atoms with Gasteiger partial charge in [0.2, 0.25) is 5.95 Å². The third-order valence-electron chi connectivity index (χ3n) is 5.23. The van der Waals surface area contributed by atoms with E-state index in [-0.39, 0.29) is 30.6 Å². The Morgan fingerprint density at radius 1 is 0.686 bits per heavy atom. The summed E-state index contributed by atoms with van der Waals surface area (Å²) in [6.07, 6.45) is 0. The molecule has 8 heteroatoms. The first-order valence-electron chi connectivity index (χ1n) is 11.1.